The summed E-state index contributed by atoms with van der Waals surface area (Å²) in [6.07, 6.45) is 0.238. The van der Waals surface area contributed by atoms with Crippen LogP contribution in [0.5, 0.6) is 0 Å². The Hall–Kier alpha value is -1.83. The fraction of sp³-hybridized carbons (Fsp3) is 0.471. The Kier molecular flexibility index (Phi) is 4.10. The number of hydrogen-bond donors (Lipinski definition) is 0. The minimum atomic E-state index is -4.47. The molecule has 4 heterocycles. The molecule has 2 aromatic rings. The molecule has 0 bridgehead atoms. The summed E-state index contributed by atoms with van der Waals surface area (Å²) in [4.78, 5) is 20.5. The summed E-state index contributed by atoms with van der Waals surface area (Å²) in [5.41, 5.74) is -0.230. The average molecular weight is 368 g/mol. The minimum absolute atomic E-state index is 0.0451. The van der Waals surface area contributed by atoms with Gasteiger partial charge < -0.3 is 9.80 Å². The number of pyridine rings is 1. The third kappa shape index (κ3) is 2.96. The molecule has 0 aromatic carbocycles. The molecule has 0 saturated carbocycles. The number of rotatable bonds is 2. The van der Waals surface area contributed by atoms with Crippen molar-refractivity contribution in [2.24, 2.45) is 0 Å². The van der Waals surface area contributed by atoms with Gasteiger partial charge in [0.1, 0.15) is 5.82 Å². The number of alkyl halides is 3. The standard InChI is InChI=1S/C17H17F3N3OS/c18-17(19,20)12-9-13(22-5-2-1-3-6-22)21-14-11(10-25-15(12)14)16(24)23-7-4-8-23/h1,9-10H,2-8H2. The fourth-order valence-electron chi connectivity index (χ4n) is 3.19. The maximum Gasteiger partial charge on any atom is 0.417 e. The molecule has 0 spiro atoms. The summed E-state index contributed by atoms with van der Waals surface area (Å²) in [6.45, 7) is 2.61. The fourth-order valence-corrected chi connectivity index (χ4v) is 4.21. The Morgan fingerprint density at radius 1 is 1.16 bits per heavy atom. The van der Waals surface area contributed by atoms with E-state index in [0.29, 0.717) is 32.0 Å². The van der Waals surface area contributed by atoms with Gasteiger partial charge >= 0.3 is 6.18 Å². The van der Waals surface area contributed by atoms with Crippen LogP contribution in [0.25, 0.3) is 10.2 Å². The summed E-state index contributed by atoms with van der Waals surface area (Å²) in [6, 6.07) is 1.13. The van der Waals surface area contributed by atoms with Crippen molar-refractivity contribution in [2.45, 2.75) is 25.4 Å². The highest BCUT2D eigenvalue weighted by Crippen LogP contribution is 2.40. The predicted molar refractivity (Wildman–Crippen MR) is 90.9 cm³/mol. The van der Waals surface area contributed by atoms with Crippen LogP contribution >= 0.6 is 11.3 Å². The highest BCUT2D eigenvalue weighted by Gasteiger charge is 2.36. The van der Waals surface area contributed by atoms with Crippen LogP contribution in [0.4, 0.5) is 19.0 Å². The summed E-state index contributed by atoms with van der Waals surface area (Å²) < 4.78 is 40.8. The molecule has 0 unspecified atom stereocenters. The first-order valence-electron chi connectivity index (χ1n) is 8.30. The van der Waals surface area contributed by atoms with E-state index in [1.807, 2.05) is 4.90 Å². The second kappa shape index (κ2) is 6.16. The summed E-state index contributed by atoms with van der Waals surface area (Å²) in [5.74, 6) is 0.0891. The van der Waals surface area contributed by atoms with Crippen molar-refractivity contribution in [2.75, 3.05) is 31.1 Å². The summed E-state index contributed by atoms with van der Waals surface area (Å²) >= 11 is 0.948. The number of carbonyl (C=O) groups excluding carboxylic acids is 1. The SMILES string of the molecule is O=C(c1csc2c(C(F)(F)F)cc(N3CC[CH]CC3)nc12)N1CCC1. The van der Waals surface area contributed by atoms with Crippen molar-refractivity contribution in [1.82, 2.24) is 9.88 Å². The number of fused-ring (bicyclic) bond motifs is 1. The van der Waals surface area contributed by atoms with Crippen LogP contribution in [0.2, 0.25) is 0 Å². The van der Waals surface area contributed by atoms with E-state index in [0.717, 1.165) is 36.7 Å². The molecule has 133 valence electrons. The number of piperidine rings is 1. The molecule has 0 aliphatic carbocycles. The number of nitrogens with zero attached hydrogens (tertiary/aromatic N) is 3. The molecule has 0 N–H and O–H groups in total. The molecular weight excluding hydrogens is 351 g/mol. The van der Waals surface area contributed by atoms with Gasteiger partial charge in [0.05, 0.1) is 21.3 Å². The van der Waals surface area contributed by atoms with Crippen LogP contribution in [0, 0.1) is 6.42 Å². The van der Waals surface area contributed by atoms with Gasteiger partial charge in [-0.15, -0.1) is 11.3 Å². The van der Waals surface area contributed by atoms with Crippen molar-refractivity contribution in [1.29, 1.82) is 0 Å². The smallest absolute Gasteiger partial charge is 0.357 e. The Bertz CT molecular complexity index is 807. The molecule has 4 rings (SSSR count). The molecule has 1 amide bonds. The van der Waals surface area contributed by atoms with Crippen LogP contribution in [0.3, 0.4) is 0 Å². The van der Waals surface area contributed by atoms with Gasteiger partial charge in [-0.3, -0.25) is 4.79 Å². The Morgan fingerprint density at radius 2 is 1.88 bits per heavy atom. The summed E-state index contributed by atoms with van der Waals surface area (Å²) in [7, 11) is 0. The highest BCUT2D eigenvalue weighted by atomic mass is 32.1. The third-order valence-corrected chi connectivity index (χ3v) is 5.72. The molecule has 2 aliphatic heterocycles. The third-order valence-electron chi connectivity index (χ3n) is 4.72. The van der Waals surface area contributed by atoms with Crippen LogP contribution in [-0.2, 0) is 6.18 Å². The molecule has 2 aromatic heterocycles. The van der Waals surface area contributed by atoms with Crippen LogP contribution in [0.1, 0.15) is 35.2 Å². The second-order valence-electron chi connectivity index (χ2n) is 6.35. The van der Waals surface area contributed by atoms with E-state index in [4.69, 9.17) is 0 Å². The van der Waals surface area contributed by atoms with Crippen LogP contribution in [-0.4, -0.2) is 42.0 Å². The minimum Gasteiger partial charge on any atom is -0.357 e. The highest BCUT2D eigenvalue weighted by molar-refractivity contribution is 7.17. The zero-order valence-electron chi connectivity index (χ0n) is 13.5. The lowest BCUT2D eigenvalue weighted by Gasteiger charge is -2.31. The number of amides is 1. The number of anilines is 1. The van der Waals surface area contributed by atoms with Crippen LogP contribution in [0.15, 0.2) is 11.4 Å². The molecular formula is C17H17F3N3OS. The predicted octanol–water partition coefficient (Wildman–Crippen LogP) is 3.97. The van der Waals surface area contributed by atoms with E-state index < -0.39 is 11.7 Å². The van der Waals surface area contributed by atoms with Crippen molar-refractivity contribution >= 4 is 33.3 Å². The first kappa shape index (κ1) is 16.6. The zero-order chi connectivity index (χ0) is 17.6. The number of likely N-dealkylation sites (tertiary alicyclic amines) is 1. The van der Waals surface area contributed by atoms with E-state index in [-0.39, 0.29) is 21.7 Å². The van der Waals surface area contributed by atoms with Gasteiger partial charge in [-0.05, 0) is 31.7 Å². The Balaban J connectivity index is 1.84. The van der Waals surface area contributed by atoms with Crippen molar-refractivity contribution in [3.8, 4) is 0 Å². The largest absolute Gasteiger partial charge is 0.417 e. The first-order valence-corrected chi connectivity index (χ1v) is 9.18. The van der Waals surface area contributed by atoms with Gasteiger partial charge in [0, 0.05) is 31.6 Å². The van der Waals surface area contributed by atoms with Gasteiger partial charge in [0.25, 0.3) is 5.91 Å². The molecule has 8 heteroatoms. The second-order valence-corrected chi connectivity index (χ2v) is 7.23. The lowest BCUT2D eigenvalue weighted by molar-refractivity contribution is -0.136. The van der Waals surface area contributed by atoms with E-state index in [2.05, 4.69) is 11.4 Å². The lowest BCUT2D eigenvalue weighted by atomic mass is 10.1. The van der Waals surface area contributed by atoms with Gasteiger partial charge in [-0.2, -0.15) is 13.2 Å². The number of carbonyl (C=O) groups is 1. The van der Waals surface area contributed by atoms with Crippen molar-refractivity contribution in [3.63, 3.8) is 0 Å². The van der Waals surface area contributed by atoms with E-state index in [1.54, 1.807) is 4.90 Å². The van der Waals surface area contributed by atoms with Gasteiger partial charge in [-0.25, -0.2) is 4.98 Å². The molecule has 1 radical (unpaired) electrons. The molecule has 2 aliphatic rings. The molecule has 4 nitrogen and oxygen atoms in total. The molecule has 0 atom stereocenters. The maximum absolute atomic E-state index is 13.6. The van der Waals surface area contributed by atoms with Gasteiger partial charge in [0.15, 0.2) is 0 Å². The van der Waals surface area contributed by atoms with Crippen molar-refractivity contribution < 1.29 is 18.0 Å². The molecule has 25 heavy (non-hydrogen) atoms. The van der Waals surface area contributed by atoms with E-state index in [1.165, 1.54) is 5.38 Å². The van der Waals surface area contributed by atoms with Crippen LogP contribution < -0.4 is 4.90 Å². The Labute approximate surface area is 147 Å². The first-order chi connectivity index (χ1) is 11.9. The number of hydrogen-bond acceptors (Lipinski definition) is 4. The van der Waals surface area contributed by atoms with Crippen molar-refractivity contribution in [3.05, 3.63) is 29.0 Å². The lowest BCUT2D eigenvalue weighted by Crippen LogP contribution is -2.42. The van der Waals surface area contributed by atoms with E-state index in [9.17, 15) is 18.0 Å². The monoisotopic (exact) mass is 368 g/mol. The number of halogens is 3. The normalized spacial score (nSPS) is 18.5. The quantitative estimate of drug-likeness (QED) is 0.805. The van der Waals surface area contributed by atoms with Gasteiger partial charge in [0.2, 0.25) is 0 Å². The maximum atomic E-state index is 13.6. The number of aromatic nitrogens is 1. The molecule has 2 saturated heterocycles. The van der Waals surface area contributed by atoms with E-state index >= 15 is 0 Å². The zero-order valence-corrected chi connectivity index (χ0v) is 14.3. The Morgan fingerprint density at radius 3 is 2.48 bits per heavy atom. The topological polar surface area (TPSA) is 36.4 Å². The average Bonchev–Trinajstić information content (AvgIpc) is 2.96. The summed E-state index contributed by atoms with van der Waals surface area (Å²) in [5, 5.41) is 1.52. The molecule has 2 fully saturated rings. The van der Waals surface area contributed by atoms with Gasteiger partial charge in [-0.1, -0.05) is 0 Å². The number of thiophene rings is 1.